The molecule has 0 aliphatic carbocycles. The number of aromatic nitrogens is 2. The maximum absolute atomic E-state index is 12.5. The Labute approximate surface area is 265 Å². The monoisotopic (exact) mass is 634 g/mol. The Kier molecular flexibility index (Phi) is 8.88. The van der Waals surface area contributed by atoms with Crippen LogP contribution in [0.3, 0.4) is 0 Å². The summed E-state index contributed by atoms with van der Waals surface area (Å²) in [5, 5.41) is 24.3. The Balaban J connectivity index is 1.66. The molecule has 11 nitrogen and oxygen atoms in total. The maximum atomic E-state index is 12.5. The predicted molar refractivity (Wildman–Crippen MR) is 172 cm³/mol. The molecule has 0 spiro atoms. The average Bonchev–Trinajstić information content (AvgIpc) is 3.59. The van der Waals surface area contributed by atoms with Gasteiger partial charge in [-0.1, -0.05) is 20.8 Å². The molecule has 1 unspecified atom stereocenters. The molecule has 5 N–H and O–H groups in total. The number of aliphatic imine (C=N–C) groups is 1. The number of carbonyl (C=O) groups is 3. The van der Waals surface area contributed by atoms with Gasteiger partial charge in [-0.05, 0) is 74.1 Å². The normalized spacial score (nSPS) is 21.8. The fourth-order valence-electron chi connectivity index (χ4n) is 6.21. The molecule has 238 valence electrons. The number of allylic oxidation sites excluding steroid dienone is 3. The van der Waals surface area contributed by atoms with E-state index < -0.39 is 5.97 Å². The molecule has 3 aliphatic heterocycles. The number of nitrogens with one attached hydrogen (secondary N) is 3. The SMILES string of the molecule is CCC1=C(C)C(Cc2[nH]c(=C\c3[nH]c(/C=C4\NC(=O)[C@H](C)[C@H]4C(C)S)c(C)c3CCC(=O)O)/c(=C/C(O)=C3OO3)c2C)=NC1=O. The first-order valence-electron chi connectivity index (χ1n) is 14.9. The highest BCUT2D eigenvalue weighted by molar-refractivity contribution is 7.80. The van der Waals surface area contributed by atoms with Crippen molar-refractivity contribution in [3.05, 3.63) is 72.9 Å². The summed E-state index contributed by atoms with van der Waals surface area (Å²) in [6, 6.07) is 0. The van der Waals surface area contributed by atoms with E-state index in [4.69, 9.17) is 9.78 Å². The van der Waals surface area contributed by atoms with Crippen LogP contribution in [0.4, 0.5) is 0 Å². The van der Waals surface area contributed by atoms with Crippen molar-refractivity contribution in [3.63, 3.8) is 0 Å². The fourth-order valence-corrected chi connectivity index (χ4v) is 6.63. The van der Waals surface area contributed by atoms with Crippen LogP contribution in [0.25, 0.3) is 18.2 Å². The van der Waals surface area contributed by atoms with E-state index >= 15 is 0 Å². The lowest BCUT2D eigenvalue weighted by atomic mass is 9.91. The number of nitrogens with zero attached hydrogens (tertiary/aromatic N) is 1. The van der Waals surface area contributed by atoms with Crippen molar-refractivity contribution in [1.82, 2.24) is 15.3 Å². The van der Waals surface area contributed by atoms with Crippen LogP contribution in [-0.4, -0.2) is 48.9 Å². The van der Waals surface area contributed by atoms with E-state index in [-0.39, 0.29) is 53.4 Å². The first-order valence-corrected chi connectivity index (χ1v) is 15.5. The smallest absolute Gasteiger partial charge is 0.420 e. The highest BCUT2D eigenvalue weighted by atomic mass is 32.1. The van der Waals surface area contributed by atoms with Crippen LogP contribution in [0.15, 0.2) is 33.5 Å². The van der Waals surface area contributed by atoms with Gasteiger partial charge < -0.3 is 25.5 Å². The number of aromatic amines is 2. The summed E-state index contributed by atoms with van der Waals surface area (Å²) in [6.45, 7) is 11.5. The minimum Gasteiger partial charge on any atom is -0.502 e. The van der Waals surface area contributed by atoms with Crippen molar-refractivity contribution < 1.29 is 34.4 Å². The zero-order valence-corrected chi connectivity index (χ0v) is 27.0. The number of amides is 2. The summed E-state index contributed by atoms with van der Waals surface area (Å²) in [5.41, 5.74) is 7.74. The fraction of sp³-hybridized carbons (Fsp3) is 0.394. The van der Waals surface area contributed by atoms with Crippen molar-refractivity contribution >= 4 is 54.4 Å². The van der Waals surface area contributed by atoms with Gasteiger partial charge in [0.2, 0.25) is 11.7 Å². The third-order valence-electron chi connectivity index (χ3n) is 8.89. The molecule has 2 aromatic rings. The molecule has 0 bridgehead atoms. The number of hydrogen-bond acceptors (Lipinski definition) is 7. The molecular weight excluding hydrogens is 596 g/mol. The van der Waals surface area contributed by atoms with Gasteiger partial charge in [-0.3, -0.25) is 14.4 Å². The third kappa shape index (κ3) is 6.37. The number of aliphatic hydroxyl groups excluding tert-OH is 1. The summed E-state index contributed by atoms with van der Waals surface area (Å²) in [5.74, 6) is -1.72. The summed E-state index contributed by atoms with van der Waals surface area (Å²) in [7, 11) is 0. The van der Waals surface area contributed by atoms with Crippen LogP contribution in [0.5, 0.6) is 0 Å². The number of aliphatic hydroxyl groups is 1. The molecule has 5 rings (SSSR count). The lowest BCUT2D eigenvalue weighted by molar-refractivity contribution is -0.137. The van der Waals surface area contributed by atoms with Gasteiger partial charge >= 0.3 is 11.9 Å². The summed E-state index contributed by atoms with van der Waals surface area (Å²) in [4.78, 5) is 57.2. The second kappa shape index (κ2) is 12.5. The molecule has 2 saturated heterocycles. The number of H-pyrrole nitrogens is 2. The molecule has 2 amide bonds. The van der Waals surface area contributed by atoms with Crippen LogP contribution in [0, 0.1) is 25.7 Å². The van der Waals surface area contributed by atoms with Crippen molar-refractivity contribution in [2.24, 2.45) is 16.8 Å². The first-order chi connectivity index (χ1) is 21.3. The van der Waals surface area contributed by atoms with E-state index in [1.165, 1.54) is 6.08 Å². The maximum Gasteiger partial charge on any atom is 0.420 e. The predicted octanol–water partition coefficient (Wildman–Crippen LogP) is 3.57. The van der Waals surface area contributed by atoms with E-state index in [9.17, 15) is 24.6 Å². The van der Waals surface area contributed by atoms with E-state index in [1.807, 2.05) is 53.7 Å². The van der Waals surface area contributed by atoms with Crippen LogP contribution in [0.1, 0.15) is 74.3 Å². The standard InChI is InChI=1S/C33H38N4O7S/c1-7-19-14(2)24(36-32(19)42)11-22-16(4)21(10-28(38)33-43-44-33)26(35-22)13-25-20(8-9-29(39)40)15(3)23(34-25)12-27-30(18(6)45)17(5)31(41)37-27/h10,12-13,17-18,30,34-35,38,45H,7-9,11H2,1-6H3,(H,37,41)(H,39,40)/b21-10+,26-13-,27-12-/t17-,18?,30+/m1/s1. The number of carbonyl (C=O) groups excluding carboxylic acids is 2. The van der Waals surface area contributed by atoms with Crippen molar-refractivity contribution in [1.29, 1.82) is 0 Å². The lowest BCUT2D eigenvalue weighted by Gasteiger charge is -2.17. The Bertz CT molecular complexity index is 1850. The van der Waals surface area contributed by atoms with Crippen LogP contribution in [0.2, 0.25) is 0 Å². The van der Waals surface area contributed by atoms with Gasteiger partial charge in [0.15, 0.2) is 0 Å². The Morgan fingerprint density at radius 1 is 1.09 bits per heavy atom. The zero-order chi connectivity index (χ0) is 32.7. The number of hydrogen-bond donors (Lipinski definition) is 6. The molecule has 5 heterocycles. The molecule has 3 aliphatic rings. The summed E-state index contributed by atoms with van der Waals surface area (Å²) >= 11 is 4.63. The van der Waals surface area contributed by atoms with E-state index in [2.05, 4.69) is 32.9 Å². The Morgan fingerprint density at radius 2 is 1.80 bits per heavy atom. The topological polar surface area (TPSA) is 173 Å². The number of rotatable bonds is 10. The van der Waals surface area contributed by atoms with Crippen molar-refractivity contribution in [2.45, 2.75) is 72.5 Å². The van der Waals surface area contributed by atoms with Gasteiger partial charge in [0.05, 0.1) is 5.71 Å². The summed E-state index contributed by atoms with van der Waals surface area (Å²) < 4.78 is 0. The van der Waals surface area contributed by atoms with E-state index in [0.717, 1.165) is 39.3 Å². The Morgan fingerprint density at radius 3 is 2.40 bits per heavy atom. The quantitative estimate of drug-likeness (QED) is 0.100. The van der Waals surface area contributed by atoms with Crippen molar-refractivity contribution in [2.75, 3.05) is 0 Å². The van der Waals surface area contributed by atoms with Crippen LogP contribution >= 0.6 is 12.6 Å². The molecule has 12 heteroatoms. The molecule has 45 heavy (non-hydrogen) atoms. The van der Waals surface area contributed by atoms with Gasteiger partial charge in [-0.2, -0.15) is 12.6 Å². The van der Waals surface area contributed by atoms with Gasteiger partial charge in [0, 0.05) is 68.8 Å². The number of carboxylic acid groups (broad SMARTS) is 1. The number of thiol groups is 1. The molecular formula is C33H38N4O7S. The third-order valence-corrected chi connectivity index (χ3v) is 9.22. The van der Waals surface area contributed by atoms with Gasteiger partial charge in [0.1, 0.15) is 0 Å². The van der Waals surface area contributed by atoms with Crippen molar-refractivity contribution in [3.8, 4) is 0 Å². The molecule has 0 radical (unpaired) electrons. The largest absolute Gasteiger partial charge is 0.502 e. The molecule has 0 aromatic carbocycles. The van der Waals surface area contributed by atoms with Gasteiger partial charge in [-0.15, -0.1) is 0 Å². The van der Waals surface area contributed by atoms with Crippen LogP contribution in [-0.2, 0) is 37.0 Å². The summed E-state index contributed by atoms with van der Waals surface area (Å²) in [6.07, 6.45) is 6.48. The van der Waals surface area contributed by atoms with E-state index in [1.54, 1.807) is 0 Å². The minimum absolute atomic E-state index is 0.00724. The lowest BCUT2D eigenvalue weighted by Crippen LogP contribution is -2.24. The second-order valence-electron chi connectivity index (χ2n) is 11.8. The molecule has 2 fully saturated rings. The number of aliphatic carboxylic acids is 1. The van der Waals surface area contributed by atoms with Gasteiger partial charge in [0.25, 0.3) is 5.91 Å². The van der Waals surface area contributed by atoms with Gasteiger partial charge in [-0.25, -0.2) is 14.8 Å². The second-order valence-corrected chi connectivity index (χ2v) is 12.6. The van der Waals surface area contributed by atoms with E-state index in [0.29, 0.717) is 40.4 Å². The molecule has 3 atom stereocenters. The zero-order valence-electron chi connectivity index (χ0n) is 26.1. The highest BCUT2D eigenvalue weighted by Crippen LogP contribution is 2.34. The highest BCUT2D eigenvalue weighted by Gasteiger charge is 2.37. The van der Waals surface area contributed by atoms with Crippen LogP contribution < -0.4 is 15.9 Å². The minimum atomic E-state index is -0.919. The Hall–Kier alpha value is -4.45. The number of carboxylic acids is 1. The molecule has 0 saturated carbocycles. The first kappa shape index (κ1) is 32.0. The molecule has 2 aromatic heterocycles. The average molecular weight is 635 g/mol.